The third kappa shape index (κ3) is 4.93. The van der Waals surface area contributed by atoms with Crippen molar-refractivity contribution in [1.29, 1.82) is 0 Å². The largest absolute Gasteiger partial charge is 0.375 e. The Labute approximate surface area is 143 Å². The van der Waals surface area contributed by atoms with Crippen molar-refractivity contribution in [3.63, 3.8) is 0 Å². The Balaban J connectivity index is 1.87. The number of rotatable bonds is 5. The van der Waals surface area contributed by atoms with E-state index in [4.69, 9.17) is 4.74 Å². The first-order valence-electron chi connectivity index (χ1n) is 8.32. The fraction of sp³-hybridized carbons (Fsp3) is 0.474. The lowest BCUT2D eigenvalue weighted by Gasteiger charge is -2.32. The summed E-state index contributed by atoms with van der Waals surface area (Å²) < 4.78 is 4.87. The van der Waals surface area contributed by atoms with Gasteiger partial charge in [-0.3, -0.25) is 9.59 Å². The Morgan fingerprint density at radius 3 is 2.58 bits per heavy atom. The molecule has 1 aliphatic rings. The SMILES string of the molecule is COCC(=O)N1CCC(NC(=O)/C=C(\C)c2ccccc2C)CC1. The average Bonchev–Trinajstić information content (AvgIpc) is 2.56. The molecule has 2 rings (SSSR count). The second kappa shape index (κ2) is 8.64. The number of benzene rings is 1. The topological polar surface area (TPSA) is 58.6 Å². The van der Waals surface area contributed by atoms with Crippen LogP contribution in [-0.2, 0) is 14.3 Å². The molecular weight excluding hydrogens is 304 g/mol. The van der Waals surface area contributed by atoms with Crippen LogP contribution in [0, 0.1) is 6.92 Å². The quantitative estimate of drug-likeness (QED) is 0.842. The highest BCUT2D eigenvalue weighted by molar-refractivity contribution is 5.95. The maximum Gasteiger partial charge on any atom is 0.248 e. The van der Waals surface area contributed by atoms with Gasteiger partial charge in [0.2, 0.25) is 11.8 Å². The van der Waals surface area contributed by atoms with Crippen molar-refractivity contribution in [2.24, 2.45) is 0 Å². The van der Waals surface area contributed by atoms with Crippen LogP contribution in [0.3, 0.4) is 0 Å². The fourth-order valence-corrected chi connectivity index (χ4v) is 3.02. The van der Waals surface area contributed by atoms with Crippen LogP contribution in [0.15, 0.2) is 30.3 Å². The molecule has 1 N–H and O–H groups in total. The monoisotopic (exact) mass is 330 g/mol. The van der Waals surface area contributed by atoms with Crippen molar-refractivity contribution in [3.8, 4) is 0 Å². The molecule has 1 heterocycles. The van der Waals surface area contributed by atoms with E-state index in [0.717, 1.165) is 29.5 Å². The summed E-state index contributed by atoms with van der Waals surface area (Å²) >= 11 is 0. The molecule has 0 atom stereocenters. The molecule has 1 aromatic carbocycles. The van der Waals surface area contributed by atoms with E-state index in [1.807, 2.05) is 38.1 Å². The third-order valence-electron chi connectivity index (χ3n) is 4.38. The van der Waals surface area contributed by atoms with Crippen molar-refractivity contribution in [2.45, 2.75) is 32.7 Å². The summed E-state index contributed by atoms with van der Waals surface area (Å²) in [6, 6.07) is 8.14. The zero-order valence-electron chi connectivity index (χ0n) is 14.7. The van der Waals surface area contributed by atoms with Crippen molar-refractivity contribution in [1.82, 2.24) is 10.2 Å². The second-order valence-electron chi connectivity index (χ2n) is 6.24. The van der Waals surface area contributed by atoms with Crippen LogP contribution >= 0.6 is 0 Å². The maximum absolute atomic E-state index is 12.2. The molecule has 0 aromatic heterocycles. The molecule has 0 bridgehead atoms. The number of carbonyl (C=O) groups is 2. The van der Waals surface area contributed by atoms with Crippen molar-refractivity contribution >= 4 is 17.4 Å². The van der Waals surface area contributed by atoms with Crippen molar-refractivity contribution in [3.05, 3.63) is 41.5 Å². The molecule has 130 valence electrons. The van der Waals surface area contributed by atoms with Gasteiger partial charge in [-0.05, 0) is 43.4 Å². The number of hydrogen-bond acceptors (Lipinski definition) is 3. The number of amides is 2. The minimum absolute atomic E-state index is 0.0116. The average molecular weight is 330 g/mol. The predicted molar refractivity (Wildman–Crippen MR) is 94.5 cm³/mol. The molecule has 24 heavy (non-hydrogen) atoms. The van der Waals surface area contributed by atoms with Crippen molar-refractivity contribution in [2.75, 3.05) is 26.8 Å². The molecule has 1 aliphatic heterocycles. The van der Waals surface area contributed by atoms with E-state index in [1.165, 1.54) is 7.11 Å². The van der Waals surface area contributed by atoms with E-state index in [-0.39, 0.29) is 24.5 Å². The summed E-state index contributed by atoms with van der Waals surface area (Å²) in [6.45, 7) is 5.43. The summed E-state index contributed by atoms with van der Waals surface area (Å²) in [6.07, 6.45) is 3.21. The van der Waals surface area contributed by atoms with Crippen LogP contribution in [0.1, 0.15) is 30.9 Å². The Morgan fingerprint density at radius 2 is 1.96 bits per heavy atom. The highest BCUT2D eigenvalue weighted by Gasteiger charge is 2.23. The number of aryl methyl sites for hydroxylation is 1. The van der Waals surface area contributed by atoms with E-state index in [0.29, 0.717) is 13.1 Å². The lowest BCUT2D eigenvalue weighted by Crippen LogP contribution is -2.47. The first-order chi connectivity index (χ1) is 11.5. The van der Waals surface area contributed by atoms with Gasteiger partial charge in [0.1, 0.15) is 6.61 Å². The highest BCUT2D eigenvalue weighted by Crippen LogP contribution is 2.18. The van der Waals surface area contributed by atoms with Crippen LogP contribution < -0.4 is 5.32 Å². The summed E-state index contributed by atoms with van der Waals surface area (Å²) in [4.78, 5) is 25.8. The van der Waals surface area contributed by atoms with Gasteiger partial charge in [0.05, 0.1) is 0 Å². The first kappa shape index (κ1) is 18.2. The minimum atomic E-state index is -0.0718. The Morgan fingerprint density at radius 1 is 1.29 bits per heavy atom. The number of nitrogens with one attached hydrogen (secondary N) is 1. The molecule has 0 radical (unpaired) electrons. The summed E-state index contributed by atoms with van der Waals surface area (Å²) in [5.41, 5.74) is 3.20. The van der Waals surface area contributed by atoms with Gasteiger partial charge in [-0.15, -0.1) is 0 Å². The number of hydrogen-bond donors (Lipinski definition) is 1. The van der Waals surface area contributed by atoms with Gasteiger partial charge in [0.25, 0.3) is 0 Å². The summed E-state index contributed by atoms with van der Waals surface area (Å²) in [5.74, 6) is -0.0602. The molecule has 1 fully saturated rings. The number of allylic oxidation sites excluding steroid dienone is 1. The van der Waals surface area contributed by atoms with E-state index in [2.05, 4.69) is 5.32 Å². The normalized spacial score (nSPS) is 16.1. The van der Waals surface area contributed by atoms with Gasteiger partial charge in [-0.2, -0.15) is 0 Å². The van der Waals surface area contributed by atoms with Gasteiger partial charge >= 0.3 is 0 Å². The van der Waals surface area contributed by atoms with Crippen LogP contribution in [0.4, 0.5) is 0 Å². The molecule has 0 saturated carbocycles. The van der Waals surface area contributed by atoms with E-state index in [9.17, 15) is 9.59 Å². The molecule has 5 nitrogen and oxygen atoms in total. The Bertz CT molecular complexity index is 617. The van der Waals surface area contributed by atoms with E-state index >= 15 is 0 Å². The van der Waals surface area contributed by atoms with Crippen LogP contribution in [0.25, 0.3) is 5.57 Å². The summed E-state index contributed by atoms with van der Waals surface area (Å²) in [7, 11) is 1.52. The first-order valence-corrected chi connectivity index (χ1v) is 8.32. The maximum atomic E-state index is 12.2. The molecular formula is C19H26N2O3. The standard InChI is InChI=1S/C19H26N2O3/c1-14-6-4-5-7-17(14)15(2)12-18(22)20-16-8-10-21(11-9-16)19(23)13-24-3/h4-7,12,16H,8-11,13H2,1-3H3,(H,20,22)/b15-12+. The number of nitrogens with zero attached hydrogens (tertiary/aromatic N) is 1. The van der Waals surface area contributed by atoms with Gasteiger partial charge in [0, 0.05) is 32.3 Å². The molecule has 0 unspecified atom stereocenters. The fourth-order valence-electron chi connectivity index (χ4n) is 3.02. The van der Waals surface area contributed by atoms with Gasteiger partial charge in [0.15, 0.2) is 0 Å². The molecule has 0 spiro atoms. The van der Waals surface area contributed by atoms with E-state index < -0.39 is 0 Å². The van der Waals surface area contributed by atoms with Crippen molar-refractivity contribution < 1.29 is 14.3 Å². The third-order valence-corrected chi connectivity index (χ3v) is 4.38. The second-order valence-corrected chi connectivity index (χ2v) is 6.24. The highest BCUT2D eigenvalue weighted by atomic mass is 16.5. The van der Waals surface area contributed by atoms with Gasteiger partial charge in [-0.1, -0.05) is 24.3 Å². The van der Waals surface area contributed by atoms with Crippen LogP contribution in [0.5, 0.6) is 0 Å². The molecule has 5 heteroatoms. The zero-order valence-corrected chi connectivity index (χ0v) is 14.7. The zero-order chi connectivity index (χ0) is 17.5. The number of ether oxygens (including phenoxy) is 1. The number of piperidine rings is 1. The number of carbonyl (C=O) groups excluding carboxylic acids is 2. The lowest BCUT2D eigenvalue weighted by molar-refractivity contribution is -0.136. The molecule has 2 amide bonds. The molecule has 0 aliphatic carbocycles. The summed E-state index contributed by atoms with van der Waals surface area (Å²) in [5, 5.41) is 3.05. The Kier molecular flexibility index (Phi) is 6.55. The van der Waals surface area contributed by atoms with E-state index in [1.54, 1.807) is 11.0 Å². The molecule has 1 aromatic rings. The Hall–Kier alpha value is -2.14. The smallest absolute Gasteiger partial charge is 0.248 e. The van der Waals surface area contributed by atoms with Gasteiger partial charge in [-0.25, -0.2) is 0 Å². The lowest BCUT2D eigenvalue weighted by atomic mass is 10.0. The predicted octanol–water partition coefficient (Wildman–Crippen LogP) is 2.15. The van der Waals surface area contributed by atoms with Crippen LogP contribution in [-0.4, -0.2) is 49.6 Å². The number of methoxy groups -OCH3 is 1. The minimum Gasteiger partial charge on any atom is -0.375 e. The van der Waals surface area contributed by atoms with Gasteiger partial charge < -0.3 is 15.0 Å². The van der Waals surface area contributed by atoms with Crippen LogP contribution in [0.2, 0.25) is 0 Å². The molecule has 1 saturated heterocycles. The number of likely N-dealkylation sites (tertiary alicyclic amines) is 1.